The average molecular weight is 300 g/mol. The Hall–Kier alpha value is -1.58. The van der Waals surface area contributed by atoms with E-state index in [4.69, 9.17) is 0 Å². The first-order valence-corrected chi connectivity index (χ1v) is 6.05. The van der Waals surface area contributed by atoms with Crippen molar-refractivity contribution in [1.29, 1.82) is 0 Å². The molecular formula is C16H26ClNO2. The molecule has 3 nitrogen and oxygen atoms in total. The number of hydrogen-bond donors (Lipinski definition) is 0. The van der Waals surface area contributed by atoms with E-state index in [-0.39, 0.29) is 18.4 Å². The second-order valence-electron chi connectivity index (χ2n) is 3.91. The van der Waals surface area contributed by atoms with Gasteiger partial charge in [0, 0.05) is 6.08 Å². The minimum absolute atomic E-state index is 0. The highest BCUT2D eigenvalue weighted by Crippen LogP contribution is 1.97. The van der Waals surface area contributed by atoms with E-state index in [0.29, 0.717) is 6.61 Å². The van der Waals surface area contributed by atoms with Gasteiger partial charge in [0.15, 0.2) is 0 Å². The zero-order valence-electron chi connectivity index (χ0n) is 12.8. The van der Waals surface area contributed by atoms with Crippen molar-refractivity contribution < 1.29 is 9.53 Å². The summed E-state index contributed by atoms with van der Waals surface area (Å²) < 4.78 is 4.43. The molecule has 0 amide bonds. The molecule has 0 aliphatic heterocycles. The van der Waals surface area contributed by atoms with Crippen molar-refractivity contribution in [2.24, 2.45) is 0 Å². The van der Waals surface area contributed by atoms with Crippen LogP contribution < -0.4 is 0 Å². The molecule has 1 aromatic carbocycles. The second kappa shape index (κ2) is 17.4. The fourth-order valence-corrected chi connectivity index (χ4v) is 0.790. The average Bonchev–Trinajstić information content (AvgIpc) is 2.40. The SMILES string of the molecule is C=CC(=O)OCC.C=Cc1ccccc1.CN(C)C.Cl. The van der Waals surface area contributed by atoms with Gasteiger partial charge in [-0.05, 0) is 33.6 Å². The molecule has 0 saturated heterocycles. The first kappa shape index (κ1) is 23.5. The number of ether oxygens (including phenoxy) is 1. The van der Waals surface area contributed by atoms with Crippen LogP contribution in [0.1, 0.15) is 12.5 Å². The van der Waals surface area contributed by atoms with Crippen LogP contribution in [0.5, 0.6) is 0 Å². The van der Waals surface area contributed by atoms with Crippen molar-refractivity contribution in [1.82, 2.24) is 4.90 Å². The lowest BCUT2D eigenvalue weighted by Crippen LogP contribution is -1.99. The van der Waals surface area contributed by atoms with Crippen molar-refractivity contribution in [2.45, 2.75) is 6.92 Å². The van der Waals surface area contributed by atoms with Gasteiger partial charge in [-0.1, -0.05) is 49.6 Å². The Balaban J connectivity index is -0.000000224. The normalized spacial score (nSPS) is 7.85. The largest absolute Gasteiger partial charge is 0.463 e. The molecule has 0 aliphatic rings. The van der Waals surface area contributed by atoms with Crippen LogP contribution in [0.3, 0.4) is 0 Å². The van der Waals surface area contributed by atoms with E-state index in [1.807, 2.05) is 62.5 Å². The lowest BCUT2D eigenvalue weighted by atomic mass is 10.2. The van der Waals surface area contributed by atoms with Gasteiger partial charge in [0.1, 0.15) is 0 Å². The fraction of sp³-hybridized carbons (Fsp3) is 0.312. The lowest BCUT2D eigenvalue weighted by molar-refractivity contribution is -0.137. The van der Waals surface area contributed by atoms with E-state index in [9.17, 15) is 4.79 Å². The molecule has 0 heterocycles. The zero-order chi connectivity index (χ0) is 15.1. The fourth-order valence-electron chi connectivity index (χ4n) is 0.790. The van der Waals surface area contributed by atoms with Crippen LogP contribution in [-0.2, 0) is 9.53 Å². The lowest BCUT2D eigenvalue weighted by Gasteiger charge is -1.90. The van der Waals surface area contributed by atoms with Crippen molar-refractivity contribution in [2.75, 3.05) is 27.7 Å². The Morgan fingerprint density at radius 1 is 1.20 bits per heavy atom. The molecule has 0 aliphatic carbocycles. The highest BCUT2D eigenvalue weighted by atomic mass is 35.5. The topological polar surface area (TPSA) is 29.5 Å². The first-order valence-electron chi connectivity index (χ1n) is 6.05. The molecule has 0 fully saturated rings. The summed E-state index contributed by atoms with van der Waals surface area (Å²) in [5, 5.41) is 0. The van der Waals surface area contributed by atoms with Gasteiger partial charge in [0.05, 0.1) is 6.61 Å². The summed E-state index contributed by atoms with van der Waals surface area (Å²) in [6.45, 7) is 9.01. The van der Waals surface area contributed by atoms with E-state index in [0.717, 1.165) is 6.08 Å². The molecule has 1 rings (SSSR count). The van der Waals surface area contributed by atoms with Gasteiger partial charge in [-0.15, -0.1) is 12.4 Å². The molecule has 0 radical (unpaired) electrons. The first-order chi connectivity index (χ1) is 8.97. The smallest absolute Gasteiger partial charge is 0.330 e. The molecule has 0 atom stereocenters. The van der Waals surface area contributed by atoms with Gasteiger partial charge >= 0.3 is 5.97 Å². The van der Waals surface area contributed by atoms with Crippen molar-refractivity contribution in [3.63, 3.8) is 0 Å². The van der Waals surface area contributed by atoms with E-state index >= 15 is 0 Å². The maximum Gasteiger partial charge on any atom is 0.330 e. The number of nitrogens with zero attached hydrogens (tertiary/aromatic N) is 1. The summed E-state index contributed by atoms with van der Waals surface area (Å²) in [6, 6.07) is 10.0. The van der Waals surface area contributed by atoms with Crippen molar-refractivity contribution in [3.8, 4) is 0 Å². The van der Waals surface area contributed by atoms with E-state index in [1.165, 1.54) is 5.56 Å². The predicted molar refractivity (Wildman–Crippen MR) is 90.2 cm³/mol. The molecule has 0 aromatic heterocycles. The van der Waals surface area contributed by atoms with Crippen LogP contribution in [0.25, 0.3) is 6.08 Å². The third kappa shape index (κ3) is 21.7. The molecule has 0 unspecified atom stereocenters. The number of rotatable bonds is 3. The predicted octanol–water partition coefficient (Wildman–Crippen LogP) is 3.66. The Labute approximate surface area is 129 Å². The van der Waals surface area contributed by atoms with Crippen LogP contribution >= 0.6 is 12.4 Å². The highest BCUT2D eigenvalue weighted by Gasteiger charge is 1.86. The third-order valence-electron chi connectivity index (χ3n) is 1.49. The Morgan fingerprint density at radius 3 is 1.85 bits per heavy atom. The monoisotopic (exact) mass is 299 g/mol. The number of halogens is 1. The van der Waals surface area contributed by atoms with Gasteiger partial charge in [-0.3, -0.25) is 0 Å². The van der Waals surface area contributed by atoms with Crippen LogP contribution in [0.2, 0.25) is 0 Å². The van der Waals surface area contributed by atoms with E-state index in [2.05, 4.69) is 17.9 Å². The molecule has 0 N–H and O–H groups in total. The van der Waals surface area contributed by atoms with Gasteiger partial charge in [0.2, 0.25) is 0 Å². The number of carbonyl (C=O) groups is 1. The van der Waals surface area contributed by atoms with Gasteiger partial charge in [0.25, 0.3) is 0 Å². The summed E-state index contributed by atoms with van der Waals surface area (Å²) >= 11 is 0. The number of carbonyl (C=O) groups excluding carboxylic acids is 1. The third-order valence-corrected chi connectivity index (χ3v) is 1.49. The molecule has 20 heavy (non-hydrogen) atoms. The van der Waals surface area contributed by atoms with Gasteiger partial charge in [-0.2, -0.15) is 0 Å². The summed E-state index contributed by atoms with van der Waals surface area (Å²) in [6.07, 6.45) is 2.98. The maximum absolute atomic E-state index is 10.1. The van der Waals surface area contributed by atoms with Crippen LogP contribution in [0, 0.1) is 0 Å². The number of esters is 1. The molecule has 0 spiro atoms. The van der Waals surface area contributed by atoms with Crippen LogP contribution in [-0.4, -0.2) is 38.6 Å². The van der Waals surface area contributed by atoms with Gasteiger partial charge < -0.3 is 9.64 Å². The summed E-state index contributed by atoms with van der Waals surface area (Å²) in [5.74, 6) is -0.359. The maximum atomic E-state index is 10.1. The Morgan fingerprint density at radius 2 is 1.65 bits per heavy atom. The highest BCUT2D eigenvalue weighted by molar-refractivity contribution is 5.85. The van der Waals surface area contributed by atoms with E-state index < -0.39 is 0 Å². The summed E-state index contributed by atoms with van der Waals surface area (Å²) in [4.78, 5) is 12.1. The summed E-state index contributed by atoms with van der Waals surface area (Å²) in [7, 11) is 6.00. The Kier molecular flexibility index (Phi) is 20.5. The minimum atomic E-state index is -0.359. The molecule has 4 heteroatoms. The molecule has 114 valence electrons. The number of benzene rings is 1. The van der Waals surface area contributed by atoms with E-state index in [1.54, 1.807) is 6.92 Å². The van der Waals surface area contributed by atoms with Crippen molar-refractivity contribution >= 4 is 24.5 Å². The van der Waals surface area contributed by atoms with Gasteiger partial charge in [-0.25, -0.2) is 4.79 Å². The standard InChI is InChI=1S/C8H8.C5H8O2.C3H9N.ClH/c1-2-8-6-4-3-5-7-8;1-3-5(6)7-4-2;1-4(2)3;/h2-7H,1H2;3H,1,4H2,2H3;1-3H3;1H. The Bertz CT molecular complexity index is 348. The molecule has 0 saturated carbocycles. The second-order valence-corrected chi connectivity index (χ2v) is 3.91. The molecule has 0 bridgehead atoms. The molecular weight excluding hydrogens is 274 g/mol. The zero-order valence-corrected chi connectivity index (χ0v) is 13.7. The number of hydrogen-bond acceptors (Lipinski definition) is 3. The minimum Gasteiger partial charge on any atom is -0.463 e. The van der Waals surface area contributed by atoms with Crippen LogP contribution in [0.4, 0.5) is 0 Å². The quantitative estimate of drug-likeness (QED) is 0.630. The summed E-state index contributed by atoms with van der Waals surface area (Å²) in [5.41, 5.74) is 1.17. The molecule has 1 aromatic rings. The van der Waals surface area contributed by atoms with Crippen molar-refractivity contribution in [3.05, 3.63) is 55.1 Å². The van der Waals surface area contributed by atoms with Crippen LogP contribution in [0.15, 0.2) is 49.6 Å².